The second-order valence-electron chi connectivity index (χ2n) is 4.86. The largest absolute Gasteiger partial charge is 0.379 e. The number of nitrogens with one attached hydrogen (secondary N) is 1. The molecule has 1 amide bonds. The number of carbonyl (C=O) groups excluding carboxylic acids is 1. The van der Waals surface area contributed by atoms with Crippen LogP contribution in [0.4, 0.5) is 0 Å². The van der Waals surface area contributed by atoms with E-state index in [1.165, 1.54) is 12.8 Å². The van der Waals surface area contributed by atoms with Crippen molar-refractivity contribution in [3.63, 3.8) is 0 Å². The van der Waals surface area contributed by atoms with Crippen LogP contribution in [0, 0.1) is 11.8 Å². The molecule has 0 aromatic rings. The Balaban J connectivity index is 1.69. The van der Waals surface area contributed by atoms with Gasteiger partial charge in [-0.3, -0.25) is 4.79 Å². The van der Waals surface area contributed by atoms with Crippen molar-refractivity contribution in [3.8, 4) is 0 Å². The van der Waals surface area contributed by atoms with E-state index >= 15 is 0 Å². The van der Waals surface area contributed by atoms with Crippen molar-refractivity contribution >= 4 is 17.5 Å². The molecule has 16 heavy (non-hydrogen) atoms. The van der Waals surface area contributed by atoms with Gasteiger partial charge in [0.2, 0.25) is 5.91 Å². The molecule has 1 saturated heterocycles. The number of ether oxygens (including phenoxy) is 1. The Hall–Kier alpha value is -0.280. The summed E-state index contributed by atoms with van der Waals surface area (Å²) in [7, 11) is 0. The van der Waals surface area contributed by atoms with Crippen molar-refractivity contribution in [1.29, 1.82) is 0 Å². The van der Waals surface area contributed by atoms with Crippen LogP contribution >= 0.6 is 11.6 Å². The van der Waals surface area contributed by atoms with E-state index in [2.05, 4.69) is 5.32 Å². The van der Waals surface area contributed by atoms with Crippen LogP contribution < -0.4 is 5.32 Å². The third-order valence-electron chi connectivity index (χ3n) is 3.49. The molecule has 0 aromatic carbocycles. The average molecular weight is 246 g/mol. The van der Waals surface area contributed by atoms with E-state index in [1.807, 2.05) is 0 Å². The molecule has 0 radical (unpaired) electrons. The van der Waals surface area contributed by atoms with Crippen molar-refractivity contribution < 1.29 is 9.53 Å². The summed E-state index contributed by atoms with van der Waals surface area (Å²) in [5.74, 6) is 2.17. The van der Waals surface area contributed by atoms with Crippen molar-refractivity contribution in [2.45, 2.75) is 38.1 Å². The summed E-state index contributed by atoms with van der Waals surface area (Å²) in [6, 6.07) is 0.260. The van der Waals surface area contributed by atoms with E-state index in [0.29, 0.717) is 24.8 Å². The fourth-order valence-electron chi connectivity index (χ4n) is 2.37. The minimum absolute atomic E-state index is 0.159. The van der Waals surface area contributed by atoms with Gasteiger partial charge in [0.25, 0.3) is 0 Å². The van der Waals surface area contributed by atoms with E-state index in [0.717, 1.165) is 25.4 Å². The first-order chi connectivity index (χ1) is 7.81. The van der Waals surface area contributed by atoms with Gasteiger partial charge in [0.15, 0.2) is 0 Å². The van der Waals surface area contributed by atoms with Crippen LogP contribution in [0.5, 0.6) is 0 Å². The van der Waals surface area contributed by atoms with Crippen LogP contribution in [0.1, 0.15) is 32.1 Å². The predicted octanol–water partition coefficient (Wildman–Crippen LogP) is 1.94. The molecule has 0 spiro atoms. The molecule has 2 fully saturated rings. The number of alkyl halides is 1. The lowest BCUT2D eigenvalue weighted by atomic mass is 9.98. The maximum Gasteiger partial charge on any atom is 0.220 e. The minimum Gasteiger partial charge on any atom is -0.379 e. The van der Waals surface area contributed by atoms with Crippen LogP contribution in [-0.2, 0) is 9.53 Å². The molecule has 4 heteroatoms. The summed E-state index contributed by atoms with van der Waals surface area (Å²) >= 11 is 5.58. The number of halogens is 1. The zero-order valence-corrected chi connectivity index (χ0v) is 10.3. The molecule has 2 unspecified atom stereocenters. The maximum absolute atomic E-state index is 11.7. The molecule has 3 nitrogen and oxygen atoms in total. The Labute approximate surface area is 102 Å². The van der Waals surface area contributed by atoms with E-state index in [9.17, 15) is 4.79 Å². The van der Waals surface area contributed by atoms with E-state index in [4.69, 9.17) is 16.3 Å². The maximum atomic E-state index is 11.7. The Bertz CT molecular complexity index is 243. The Morgan fingerprint density at radius 3 is 2.81 bits per heavy atom. The van der Waals surface area contributed by atoms with Crippen LogP contribution in [0.3, 0.4) is 0 Å². The third-order valence-corrected chi connectivity index (χ3v) is 3.75. The second kappa shape index (κ2) is 5.87. The van der Waals surface area contributed by atoms with E-state index in [1.54, 1.807) is 0 Å². The number of carbonyl (C=O) groups is 1. The summed E-state index contributed by atoms with van der Waals surface area (Å²) in [6.45, 7) is 1.53. The quantitative estimate of drug-likeness (QED) is 0.574. The standard InChI is InChI=1S/C12H20ClNO2/c13-6-2-1-3-12(15)14-11-8-16-7-10(11)9-4-5-9/h9-11H,1-8H2,(H,14,15). The molecule has 1 N–H and O–H groups in total. The van der Waals surface area contributed by atoms with Gasteiger partial charge in [-0.25, -0.2) is 0 Å². The van der Waals surface area contributed by atoms with Crippen LogP contribution in [-0.4, -0.2) is 31.0 Å². The Kier molecular flexibility index (Phi) is 4.47. The lowest BCUT2D eigenvalue weighted by Crippen LogP contribution is -2.40. The molecule has 1 heterocycles. The molecular formula is C12H20ClNO2. The first-order valence-corrected chi connectivity index (χ1v) is 6.78. The molecule has 2 rings (SSSR count). The molecule has 2 atom stereocenters. The SMILES string of the molecule is O=C(CCCCCl)NC1COCC1C1CC1. The number of rotatable bonds is 6. The summed E-state index contributed by atoms with van der Waals surface area (Å²) in [5.41, 5.74) is 0. The molecule has 1 aliphatic heterocycles. The topological polar surface area (TPSA) is 38.3 Å². The molecule has 1 aliphatic carbocycles. The second-order valence-corrected chi connectivity index (χ2v) is 5.24. The Morgan fingerprint density at radius 1 is 1.31 bits per heavy atom. The van der Waals surface area contributed by atoms with Gasteiger partial charge in [-0.2, -0.15) is 0 Å². The van der Waals surface area contributed by atoms with Gasteiger partial charge in [-0.1, -0.05) is 0 Å². The Morgan fingerprint density at radius 2 is 2.12 bits per heavy atom. The van der Waals surface area contributed by atoms with Gasteiger partial charge < -0.3 is 10.1 Å². The van der Waals surface area contributed by atoms with Gasteiger partial charge in [-0.05, 0) is 31.6 Å². The van der Waals surface area contributed by atoms with Gasteiger partial charge >= 0.3 is 0 Å². The summed E-state index contributed by atoms with van der Waals surface area (Å²) in [5, 5.41) is 3.10. The van der Waals surface area contributed by atoms with Crippen LogP contribution in [0.15, 0.2) is 0 Å². The van der Waals surface area contributed by atoms with Crippen molar-refractivity contribution in [3.05, 3.63) is 0 Å². The van der Waals surface area contributed by atoms with Gasteiger partial charge in [0, 0.05) is 18.2 Å². The highest BCUT2D eigenvalue weighted by molar-refractivity contribution is 6.17. The zero-order valence-electron chi connectivity index (χ0n) is 9.58. The highest BCUT2D eigenvalue weighted by Crippen LogP contribution is 2.40. The first-order valence-electron chi connectivity index (χ1n) is 6.24. The average Bonchev–Trinajstić information content (AvgIpc) is 3.01. The number of hydrogen-bond donors (Lipinski definition) is 1. The first kappa shape index (κ1) is 12.2. The zero-order chi connectivity index (χ0) is 11.4. The summed E-state index contributed by atoms with van der Waals surface area (Å²) in [4.78, 5) is 11.7. The summed E-state index contributed by atoms with van der Waals surface area (Å²) in [6.07, 6.45) is 5.03. The van der Waals surface area contributed by atoms with E-state index < -0.39 is 0 Å². The fraction of sp³-hybridized carbons (Fsp3) is 0.917. The van der Waals surface area contributed by atoms with Crippen LogP contribution in [0.2, 0.25) is 0 Å². The van der Waals surface area contributed by atoms with E-state index in [-0.39, 0.29) is 11.9 Å². The molecule has 1 saturated carbocycles. The van der Waals surface area contributed by atoms with Crippen molar-refractivity contribution in [2.75, 3.05) is 19.1 Å². The molecular weight excluding hydrogens is 226 g/mol. The van der Waals surface area contributed by atoms with Gasteiger partial charge in [0.05, 0.1) is 19.3 Å². The molecule has 0 bridgehead atoms. The van der Waals surface area contributed by atoms with Gasteiger partial charge in [-0.15, -0.1) is 11.6 Å². The summed E-state index contributed by atoms with van der Waals surface area (Å²) < 4.78 is 5.46. The highest BCUT2D eigenvalue weighted by atomic mass is 35.5. The van der Waals surface area contributed by atoms with Crippen molar-refractivity contribution in [2.24, 2.45) is 11.8 Å². The number of amides is 1. The monoisotopic (exact) mass is 245 g/mol. The number of unbranched alkanes of at least 4 members (excludes halogenated alkanes) is 1. The normalized spacial score (nSPS) is 29.3. The highest BCUT2D eigenvalue weighted by Gasteiger charge is 2.40. The van der Waals surface area contributed by atoms with Crippen LogP contribution in [0.25, 0.3) is 0 Å². The predicted molar refractivity (Wildman–Crippen MR) is 63.5 cm³/mol. The minimum atomic E-state index is 0.159. The lowest BCUT2D eigenvalue weighted by molar-refractivity contribution is -0.122. The molecule has 2 aliphatic rings. The van der Waals surface area contributed by atoms with Crippen molar-refractivity contribution in [1.82, 2.24) is 5.32 Å². The number of hydrogen-bond acceptors (Lipinski definition) is 2. The molecule has 92 valence electrons. The third kappa shape index (κ3) is 3.36. The molecule has 0 aromatic heterocycles. The smallest absolute Gasteiger partial charge is 0.220 e. The fourth-order valence-corrected chi connectivity index (χ4v) is 2.56. The van der Waals surface area contributed by atoms with Gasteiger partial charge in [0.1, 0.15) is 0 Å². The lowest BCUT2D eigenvalue weighted by Gasteiger charge is -2.18.